The molecule has 5 atom stereocenters. The van der Waals surface area contributed by atoms with Gasteiger partial charge in [0.25, 0.3) is 0 Å². The van der Waals surface area contributed by atoms with Gasteiger partial charge in [0.05, 0.1) is 11.0 Å². The Morgan fingerprint density at radius 2 is 2.08 bits per heavy atom. The molecule has 2 aromatic rings. The summed E-state index contributed by atoms with van der Waals surface area (Å²) in [6.07, 6.45) is 5.38. The molecule has 6 nitrogen and oxygen atoms in total. The van der Waals surface area contributed by atoms with Crippen LogP contribution in [0, 0.1) is 13.8 Å². The van der Waals surface area contributed by atoms with Crippen LogP contribution in [0.3, 0.4) is 0 Å². The van der Waals surface area contributed by atoms with Gasteiger partial charge in [-0.15, -0.1) is 6.58 Å². The second-order valence-corrected chi connectivity index (χ2v) is 11.7. The van der Waals surface area contributed by atoms with Crippen molar-refractivity contribution in [1.82, 2.24) is 9.80 Å². The highest BCUT2D eigenvalue weighted by Crippen LogP contribution is 2.65. The van der Waals surface area contributed by atoms with Gasteiger partial charge in [-0.25, -0.2) is 0 Å². The Bertz CT molecular complexity index is 1270. The minimum Gasteiger partial charge on any atom is -0.504 e. The summed E-state index contributed by atoms with van der Waals surface area (Å²) in [6, 6.07) is 9.88. The van der Waals surface area contributed by atoms with Crippen molar-refractivity contribution in [2.24, 2.45) is 0 Å². The molecule has 2 bridgehead atoms. The molecule has 2 aliphatic carbocycles. The number of amides is 1. The molecule has 1 amide bonds. The van der Waals surface area contributed by atoms with Gasteiger partial charge in [-0.1, -0.05) is 30.3 Å². The smallest absolute Gasteiger partial charge is 0.222 e. The van der Waals surface area contributed by atoms with E-state index < -0.39 is 11.0 Å². The lowest BCUT2D eigenvalue weighted by Gasteiger charge is -2.64. The lowest BCUT2D eigenvalue weighted by atomic mass is 9.48. The van der Waals surface area contributed by atoms with Gasteiger partial charge in [0.2, 0.25) is 5.91 Å². The number of aryl methyl sites for hydroxylation is 3. The van der Waals surface area contributed by atoms with Crippen LogP contribution in [0.15, 0.2) is 43.0 Å². The van der Waals surface area contributed by atoms with Crippen LogP contribution in [0.25, 0.3) is 0 Å². The van der Waals surface area contributed by atoms with Gasteiger partial charge in [0.1, 0.15) is 6.10 Å². The highest BCUT2D eigenvalue weighted by Gasteiger charge is 2.72. The lowest BCUT2D eigenvalue weighted by Crippen LogP contribution is -2.77. The molecular formula is C31H38N2O4. The third-order valence-electron chi connectivity index (χ3n) is 9.99. The zero-order valence-corrected chi connectivity index (χ0v) is 22.2. The van der Waals surface area contributed by atoms with Crippen LogP contribution in [0.1, 0.15) is 53.5 Å². The monoisotopic (exact) mass is 502 g/mol. The minimum atomic E-state index is -1.06. The first kappa shape index (κ1) is 24.5. The second kappa shape index (κ2) is 8.60. The number of carbonyl (C=O) groups excluding carboxylic acids is 1. The fourth-order valence-corrected chi connectivity index (χ4v) is 7.90. The summed E-state index contributed by atoms with van der Waals surface area (Å²) >= 11 is 0. The topological polar surface area (TPSA) is 73.2 Å². The maximum absolute atomic E-state index is 13.4. The van der Waals surface area contributed by atoms with Crippen molar-refractivity contribution in [2.45, 2.75) is 81.6 Å². The Morgan fingerprint density at radius 1 is 1.27 bits per heavy atom. The van der Waals surface area contributed by atoms with Crippen LogP contribution in [0.2, 0.25) is 0 Å². The van der Waals surface area contributed by atoms with Crippen LogP contribution in [0.4, 0.5) is 0 Å². The maximum Gasteiger partial charge on any atom is 0.222 e. The first-order valence-electron chi connectivity index (χ1n) is 13.6. The lowest BCUT2D eigenvalue weighted by molar-refractivity contribution is -0.197. The SMILES string of the molecule is C=CCN1CC[C@]23c4c5ccc(O)c4OC2CC(N(C)C(=O)CCc2ccc(C)c(C)c2)C[C@@]3(O)[C@H]1C5. The Hall–Kier alpha value is -2.83. The summed E-state index contributed by atoms with van der Waals surface area (Å²) in [5.74, 6) is 0.776. The third kappa shape index (κ3) is 3.41. The summed E-state index contributed by atoms with van der Waals surface area (Å²) in [5.41, 5.74) is 4.23. The van der Waals surface area contributed by atoms with E-state index in [1.165, 1.54) is 16.7 Å². The first-order valence-corrected chi connectivity index (χ1v) is 13.6. The van der Waals surface area contributed by atoms with Crippen LogP contribution in [0.5, 0.6) is 11.5 Å². The summed E-state index contributed by atoms with van der Waals surface area (Å²) in [4.78, 5) is 17.6. The van der Waals surface area contributed by atoms with Gasteiger partial charge < -0.3 is 19.8 Å². The number of piperidine rings is 1. The Morgan fingerprint density at radius 3 is 2.84 bits per heavy atom. The average molecular weight is 503 g/mol. The van der Waals surface area contributed by atoms with Crippen molar-refractivity contribution in [3.05, 3.63) is 70.8 Å². The molecule has 2 N–H and O–H groups in total. The molecule has 6 rings (SSSR count). The number of phenolic OH excluding ortho intramolecular Hbond substituents is 1. The molecule has 196 valence electrons. The van der Waals surface area contributed by atoms with Gasteiger partial charge in [-0.2, -0.15) is 0 Å². The van der Waals surface area contributed by atoms with E-state index in [0.29, 0.717) is 44.4 Å². The number of rotatable bonds is 6. The fraction of sp³-hybridized carbons (Fsp3) is 0.516. The van der Waals surface area contributed by atoms with Crippen molar-refractivity contribution in [2.75, 3.05) is 20.1 Å². The summed E-state index contributed by atoms with van der Waals surface area (Å²) < 4.78 is 6.50. The van der Waals surface area contributed by atoms with Crippen LogP contribution in [-0.2, 0) is 23.1 Å². The molecule has 0 radical (unpaired) electrons. The Kier molecular flexibility index (Phi) is 5.70. The van der Waals surface area contributed by atoms with E-state index in [1.807, 2.05) is 24.1 Å². The van der Waals surface area contributed by atoms with E-state index in [2.05, 4.69) is 43.5 Å². The quantitative estimate of drug-likeness (QED) is 0.588. The summed E-state index contributed by atoms with van der Waals surface area (Å²) in [6.45, 7) is 9.72. The molecular weight excluding hydrogens is 464 g/mol. The minimum absolute atomic E-state index is 0.0878. The number of likely N-dealkylation sites (tertiary alicyclic amines) is 1. The molecule has 6 heteroatoms. The van der Waals surface area contributed by atoms with Crippen molar-refractivity contribution < 1.29 is 19.7 Å². The van der Waals surface area contributed by atoms with Gasteiger partial charge in [0, 0.05) is 44.1 Å². The number of aliphatic hydroxyl groups is 1. The van der Waals surface area contributed by atoms with Crippen LogP contribution in [-0.4, -0.2) is 69.8 Å². The van der Waals surface area contributed by atoms with E-state index >= 15 is 0 Å². The standard InChI is InChI=1S/C31H38N2O4/c1-5-13-33-14-12-30-26-17-23(32(4)27(35)11-8-21-7-6-19(2)20(3)15-21)18-31(30,36)25(33)16-22-9-10-24(34)29(37-26)28(22)30/h5-7,9-10,15,23,25-26,34,36H,1,8,11-14,16-18H2,2-4H3/t23?,25-,26?,30-,31-/m1/s1. The average Bonchev–Trinajstić information content (AvgIpc) is 3.21. The van der Waals surface area contributed by atoms with E-state index in [0.717, 1.165) is 24.1 Å². The molecule has 2 aromatic carbocycles. The first-order chi connectivity index (χ1) is 17.7. The number of nitrogens with zero attached hydrogens (tertiary/aromatic N) is 2. The maximum atomic E-state index is 13.4. The van der Waals surface area contributed by atoms with E-state index in [1.54, 1.807) is 6.07 Å². The molecule has 1 spiro atoms. The van der Waals surface area contributed by atoms with E-state index in [-0.39, 0.29) is 29.8 Å². The molecule has 1 saturated carbocycles. The second-order valence-electron chi connectivity index (χ2n) is 11.7. The predicted octanol–water partition coefficient (Wildman–Crippen LogP) is 3.81. The molecule has 2 heterocycles. The van der Waals surface area contributed by atoms with Gasteiger partial charge in [0.15, 0.2) is 11.5 Å². The number of ether oxygens (including phenoxy) is 1. The molecule has 2 aliphatic heterocycles. The Labute approximate surface area is 219 Å². The summed E-state index contributed by atoms with van der Waals surface area (Å²) in [7, 11) is 1.87. The number of benzene rings is 2. The largest absolute Gasteiger partial charge is 0.504 e. The molecule has 4 aliphatic rings. The highest BCUT2D eigenvalue weighted by molar-refractivity contribution is 5.76. The van der Waals surface area contributed by atoms with Crippen molar-refractivity contribution >= 4 is 5.91 Å². The van der Waals surface area contributed by atoms with Gasteiger partial charge in [-0.05, 0) is 74.4 Å². The van der Waals surface area contributed by atoms with Crippen LogP contribution < -0.4 is 4.74 Å². The van der Waals surface area contributed by atoms with Crippen LogP contribution >= 0.6 is 0 Å². The zero-order chi connectivity index (χ0) is 26.1. The molecule has 1 saturated heterocycles. The van der Waals surface area contributed by atoms with Crippen molar-refractivity contribution in [3.63, 3.8) is 0 Å². The predicted molar refractivity (Wildman–Crippen MR) is 143 cm³/mol. The number of phenols is 1. The van der Waals surface area contributed by atoms with E-state index in [9.17, 15) is 15.0 Å². The fourth-order valence-electron chi connectivity index (χ4n) is 7.90. The molecule has 0 aromatic heterocycles. The summed E-state index contributed by atoms with van der Waals surface area (Å²) in [5, 5.41) is 23.4. The number of hydrogen-bond acceptors (Lipinski definition) is 5. The van der Waals surface area contributed by atoms with E-state index in [4.69, 9.17) is 4.74 Å². The number of hydrogen-bond donors (Lipinski definition) is 2. The third-order valence-corrected chi connectivity index (χ3v) is 9.99. The van der Waals surface area contributed by atoms with Crippen molar-refractivity contribution in [3.8, 4) is 11.5 Å². The zero-order valence-electron chi connectivity index (χ0n) is 22.2. The number of carbonyl (C=O) groups is 1. The molecule has 2 unspecified atom stereocenters. The Balaban J connectivity index is 1.30. The van der Waals surface area contributed by atoms with Crippen molar-refractivity contribution in [1.29, 1.82) is 0 Å². The van der Waals surface area contributed by atoms with Gasteiger partial charge in [-0.3, -0.25) is 9.69 Å². The highest BCUT2D eigenvalue weighted by atomic mass is 16.5. The molecule has 2 fully saturated rings. The van der Waals surface area contributed by atoms with Gasteiger partial charge >= 0.3 is 0 Å². The normalized spacial score (nSPS) is 31.4. The number of aromatic hydroxyl groups is 1. The molecule has 37 heavy (non-hydrogen) atoms.